The highest BCUT2D eigenvalue weighted by atomic mass is 35.5. The smallest absolute Gasteiger partial charge is 0.272 e. The van der Waals surface area contributed by atoms with Gasteiger partial charge in [-0.15, -0.1) is 11.8 Å². The van der Waals surface area contributed by atoms with Gasteiger partial charge in [-0.25, -0.2) is 0 Å². The molecule has 3 amide bonds. The lowest BCUT2D eigenvalue weighted by atomic mass is 10.1. The number of anilines is 2. The van der Waals surface area contributed by atoms with Crippen molar-refractivity contribution in [3.63, 3.8) is 0 Å². The summed E-state index contributed by atoms with van der Waals surface area (Å²) < 4.78 is 5.35. The molecule has 1 unspecified atom stereocenters. The average Bonchev–Trinajstić information content (AvgIpc) is 3.54. The predicted octanol–water partition coefficient (Wildman–Crippen LogP) is 7.81. The van der Waals surface area contributed by atoms with Gasteiger partial charge in [0.05, 0.1) is 6.26 Å². The van der Waals surface area contributed by atoms with Gasteiger partial charge in [-0.1, -0.05) is 66.2 Å². The van der Waals surface area contributed by atoms with Crippen molar-refractivity contribution in [3.8, 4) is 0 Å². The minimum atomic E-state index is -0.545. The Morgan fingerprint density at radius 1 is 0.744 bits per heavy atom. The quantitative estimate of drug-likeness (QED) is 0.111. The second kappa shape index (κ2) is 14.2. The van der Waals surface area contributed by atoms with Crippen LogP contribution in [-0.4, -0.2) is 17.7 Å². The van der Waals surface area contributed by atoms with Crippen LogP contribution in [0.4, 0.5) is 11.4 Å². The van der Waals surface area contributed by atoms with Gasteiger partial charge in [0.15, 0.2) is 0 Å². The Balaban J connectivity index is 1.30. The fourth-order valence-corrected chi connectivity index (χ4v) is 5.30. The van der Waals surface area contributed by atoms with E-state index in [-0.39, 0.29) is 11.6 Å². The minimum Gasteiger partial charge on any atom is -0.465 e. The third-order valence-corrected chi connectivity index (χ3v) is 7.66. The SMILES string of the molecule is O=C(Nc1ccc(SC(C(=O)Nc2cccc(Cl)c2)c2ccccc2)cc1)/C(=C/c1ccco1)NC(=O)c1ccccc1. The van der Waals surface area contributed by atoms with Crippen LogP contribution in [-0.2, 0) is 9.59 Å². The molecule has 43 heavy (non-hydrogen) atoms. The van der Waals surface area contributed by atoms with Crippen molar-refractivity contribution in [2.24, 2.45) is 0 Å². The van der Waals surface area contributed by atoms with Crippen molar-refractivity contribution < 1.29 is 18.8 Å². The zero-order valence-corrected chi connectivity index (χ0v) is 24.3. The molecule has 1 aromatic heterocycles. The Kier molecular flexibility index (Phi) is 9.74. The lowest BCUT2D eigenvalue weighted by molar-refractivity contribution is -0.116. The molecule has 7 nitrogen and oxygen atoms in total. The Bertz CT molecular complexity index is 1730. The fourth-order valence-electron chi connectivity index (χ4n) is 4.08. The maximum Gasteiger partial charge on any atom is 0.272 e. The number of thioether (sulfide) groups is 1. The maximum atomic E-state index is 13.4. The second-order valence-corrected chi connectivity index (χ2v) is 10.9. The summed E-state index contributed by atoms with van der Waals surface area (Å²) in [6.07, 6.45) is 2.94. The molecule has 0 fully saturated rings. The van der Waals surface area contributed by atoms with Gasteiger partial charge in [0.1, 0.15) is 16.7 Å². The number of rotatable bonds is 10. The van der Waals surface area contributed by atoms with E-state index in [0.29, 0.717) is 27.7 Å². The van der Waals surface area contributed by atoms with Gasteiger partial charge in [0.25, 0.3) is 11.8 Å². The van der Waals surface area contributed by atoms with E-state index in [4.69, 9.17) is 16.0 Å². The fraction of sp³-hybridized carbons (Fsp3) is 0.0294. The molecular formula is C34H26ClN3O4S. The van der Waals surface area contributed by atoms with Crippen LogP contribution in [0.3, 0.4) is 0 Å². The highest BCUT2D eigenvalue weighted by molar-refractivity contribution is 8.00. The molecule has 0 aliphatic carbocycles. The Morgan fingerprint density at radius 2 is 1.47 bits per heavy atom. The van der Waals surface area contributed by atoms with Crippen LogP contribution < -0.4 is 16.0 Å². The number of carbonyl (C=O) groups excluding carboxylic acids is 3. The van der Waals surface area contributed by atoms with Crippen molar-refractivity contribution in [3.05, 3.63) is 155 Å². The summed E-state index contributed by atoms with van der Waals surface area (Å²) in [5.74, 6) is -0.738. The monoisotopic (exact) mass is 607 g/mol. The summed E-state index contributed by atoms with van der Waals surface area (Å²) >= 11 is 7.48. The van der Waals surface area contributed by atoms with E-state index in [9.17, 15) is 14.4 Å². The number of amides is 3. The molecule has 0 saturated carbocycles. The lowest BCUT2D eigenvalue weighted by Crippen LogP contribution is -2.30. The average molecular weight is 608 g/mol. The van der Waals surface area contributed by atoms with Crippen LogP contribution in [0, 0.1) is 0 Å². The van der Waals surface area contributed by atoms with E-state index >= 15 is 0 Å². The molecule has 0 saturated heterocycles. The molecule has 1 heterocycles. The molecule has 9 heteroatoms. The van der Waals surface area contributed by atoms with Gasteiger partial charge in [0, 0.05) is 32.9 Å². The number of halogens is 1. The molecule has 0 aliphatic rings. The van der Waals surface area contributed by atoms with Crippen LogP contribution in [0.15, 0.2) is 143 Å². The first-order chi connectivity index (χ1) is 20.9. The molecular weight excluding hydrogens is 582 g/mol. The second-order valence-electron chi connectivity index (χ2n) is 9.28. The summed E-state index contributed by atoms with van der Waals surface area (Å²) in [5, 5.41) is 8.43. The van der Waals surface area contributed by atoms with Crippen LogP contribution in [0.2, 0.25) is 5.02 Å². The number of hydrogen-bond acceptors (Lipinski definition) is 5. The van der Waals surface area contributed by atoms with Crippen LogP contribution in [0.5, 0.6) is 0 Å². The highest BCUT2D eigenvalue weighted by Crippen LogP contribution is 2.37. The first-order valence-corrected chi connectivity index (χ1v) is 14.5. The van der Waals surface area contributed by atoms with Crippen molar-refractivity contribution in [1.82, 2.24) is 5.32 Å². The first kappa shape index (κ1) is 29.4. The topological polar surface area (TPSA) is 100 Å². The van der Waals surface area contributed by atoms with E-state index in [1.807, 2.05) is 42.5 Å². The number of benzene rings is 4. The molecule has 5 aromatic rings. The summed E-state index contributed by atoms with van der Waals surface area (Å²) in [6, 6.07) is 35.6. The summed E-state index contributed by atoms with van der Waals surface area (Å²) in [4.78, 5) is 40.2. The molecule has 0 radical (unpaired) electrons. The van der Waals surface area contributed by atoms with Crippen LogP contribution in [0.1, 0.15) is 26.9 Å². The van der Waals surface area contributed by atoms with E-state index < -0.39 is 17.1 Å². The lowest BCUT2D eigenvalue weighted by Gasteiger charge is -2.17. The summed E-state index contributed by atoms with van der Waals surface area (Å²) in [7, 11) is 0. The van der Waals surface area contributed by atoms with Crippen molar-refractivity contribution in [2.75, 3.05) is 10.6 Å². The van der Waals surface area contributed by atoms with E-state index in [1.165, 1.54) is 24.1 Å². The van der Waals surface area contributed by atoms with Gasteiger partial charge in [-0.3, -0.25) is 14.4 Å². The maximum absolute atomic E-state index is 13.4. The Hall–Kier alpha value is -5.05. The van der Waals surface area contributed by atoms with Gasteiger partial charge in [-0.05, 0) is 72.3 Å². The molecule has 1 atom stereocenters. The number of nitrogens with one attached hydrogen (secondary N) is 3. The number of hydrogen-bond donors (Lipinski definition) is 3. The third kappa shape index (κ3) is 8.25. The Labute approximate surface area is 258 Å². The summed E-state index contributed by atoms with van der Waals surface area (Å²) in [5.41, 5.74) is 2.38. The number of carbonyl (C=O) groups is 3. The molecule has 214 valence electrons. The largest absolute Gasteiger partial charge is 0.465 e. The van der Waals surface area contributed by atoms with Crippen molar-refractivity contribution in [2.45, 2.75) is 10.1 Å². The van der Waals surface area contributed by atoms with E-state index in [0.717, 1.165) is 10.5 Å². The highest BCUT2D eigenvalue weighted by Gasteiger charge is 2.23. The summed E-state index contributed by atoms with van der Waals surface area (Å²) in [6.45, 7) is 0. The third-order valence-electron chi connectivity index (χ3n) is 6.16. The minimum absolute atomic E-state index is 0.0177. The van der Waals surface area contributed by atoms with E-state index in [1.54, 1.807) is 78.9 Å². The van der Waals surface area contributed by atoms with Gasteiger partial charge < -0.3 is 20.4 Å². The normalized spacial score (nSPS) is 11.8. The zero-order valence-electron chi connectivity index (χ0n) is 22.7. The Morgan fingerprint density at radius 3 is 2.14 bits per heavy atom. The molecule has 4 aromatic carbocycles. The predicted molar refractivity (Wildman–Crippen MR) is 171 cm³/mol. The van der Waals surface area contributed by atoms with Crippen LogP contribution >= 0.6 is 23.4 Å². The number of furan rings is 1. The molecule has 0 bridgehead atoms. The van der Waals surface area contributed by atoms with Crippen molar-refractivity contribution >= 4 is 58.5 Å². The van der Waals surface area contributed by atoms with Gasteiger partial charge in [-0.2, -0.15) is 0 Å². The van der Waals surface area contributed by atoms with Gasteiger partial charge in [0.2, 0.25) is 5.91 Å². The molecule has 3 N–H and O–H groups in total. The molecule has 5 rings (SSSR count). The van der Waals surface area contributed by atoms with Crippen molar-refractivity contribution in [1.29, 1.82) is 0 Å². The standard InChI is InChI=1S/C34H26ClN3O4S/c35-25-13-7-14-27(21-25)37-34(41)31(23-9-3-1-4-10-23)43-29-18-16-26(17-19-29)36-33(40)30(22-28-15-8-20-42-28)38-32(39)24-11-5-2-6-12-24/h1-22,31H,(H,36,40)(H,37,41)(H,38,39)/b30-22-. The first-order valence-electron chi connectivity index (χ1n) is 13.3. The van der Waals surface area contributed by atoms with Gasteiger partial charge >= 0.3 is 0 Å². The zero-order chi connectivity index (χ0) is 30.0. The van der Waals surface area contributed by atoms with Crippen LogP contribution in [0.25, 0.3) is 6.08 Å². The molecule has 0 aliphatic heterocycles. The molecule has 0 spiro atoms. The van der Waals surface area contributed by atoms with E-state index in [2.05, 4.69) is 16.0 Å².